The van der Waals surface area contributed by atoms with Crippen LogP contribution in [-0.2, 0) is 0 Å². The predicted molar refractivity (Wildman–Crippen MR) is 130 cm³/mol. The van der Waals surface area contributed by atoms with E-state index >= 15 is 0 Å². The highest BCUT2D eigenvalue weighted by molar-refractivity contribution is 6.50. The minimum Gasteiger partial charge on any atom is -0.418 e. The molecule has 4 aromatic carbocycles. The quantitative estimate of drug-likeness (QED) is 0.147. The molecule has 5 aromatic rings. The Labute approximate surface area is 196 Å². The van der Waals surface area contributed by atoms with Crippen LogP contribution in [0.4, 0.5) is 17.3 Å². The Hall–Kier alpha value is -3.61. The molecule has 0 radical (unpaired) electrons. The molecule has 0 amide bonds. The summed E-state index contributed by atoms with van der Waals surface area (Å²) in [6.07, 6.45) is 6.61. The molecule has 0 fully saturated rings. The van der Waals surface area contributed by atoms with Crippen LogP contribution in [0.1, 0.15) is 37.1 Å². The van der Waals surface area contributed by atoms with Gasteiger partial charge in [0.2, 0.25) is 6.33 Å². The maximum Gasteiger partial charge on any atom is 0.673 e. The van der Waals surface area contributed by atoms with E-state index in [1.807, 2.05) is 0 Å². The maximum absolute atomic E-state index is 9.75. The van der Waals surface area contributed by atoms with Gasteiger partial charge in [0.25, 0.3) is 0 Å². The SMILES string of the molecule is C[C@H](c1cccc2ccccc12)n1cc[n+]([C@H](C)c2cccc3ccccc23)c1.F[B-](F)(F)F. The molecule has 174 valence electrons. The van der Waals surface area contributed by atoms with E-state index in [-0.39, 0.29) is 12.1 Å². The van der Waals surface area contributed by atoms with Gasteiger partial charge in [0.15, 0.2) is 0 Å². The Morgan fingerprint density at radius 3 is 1.74 bits per heavy atom. The van der Waals surface area contributed by atoms with E-state index in [1.165, 1.54) is 32.7 Å². The molecule has 1 heterocycles. The molecule has 0 spiro atoms. The summed E-state index contributed by atoms with van der Waals surface area (Å²) in [5.74, 6) is 0. The lowest BCUT2D eigenvalue weighted by atomic mass is 9.99. The normalized spacial score (nSPS) is 13.4. The summed E-state index contributed by atoms with van der Waals surface area (Å²) in [4.78, 5) is 0. The van der Waals surface area contributed by atoms with Crippen molar-refractivity contribution < 1.29 is 21.8 Å². The Morgan fingerprint density at radius 2 is 1.15 bits per heavy atom. The minimum atomic E-state index is -6.00. The second kappa shape index (κ2) is 9.71. The number of halogens is 4. The Morgan fingerprint density at radius 1 is 0.676 bits per heavy atom. The molecule has 0 saturated carbocycles. The van der Waals surface area contributed by atoms with Gasteiger partial charge in [-0.05, 0) is 35.4 Å². The van der Waals surface area contributed by atoms with Crippen molar-refractivity contribution in [2.24, 2.45) is 0 Å². The lowest BCUT2D eigenvalue weighted by Gasteiger charge is -2.13. The lowest BCUT2D eigenvalue weighted by molar-refractivity contribution is -0.709. The van der Waals surface area contributed by atoms with Crippen molar-refractivity contribution in [3.63, 3.8) is 0 Å². The zero-order valence-electron chi connectivity index (χ0n) is 19.0. The van der Waals surface area contributed by atoms with Gasteiger partial charge in [-0.3, -0.25) is 0 Å². The van der Waals surface area contributed by atoms with E-state index in [0.717, 1.165) is 0 Å². The third-order valence-electron chi connectivity index (χ3n) is 6.12. The molecule has 0 bridgehead atoms. The monoisotopic (exact) mass is 464 g/mol. The highest BCUT2D eigenvalue weighted by atomic mass is 19.5. The molecule has 0 N–H and O–H groups in total. The van der Waals surface area contributed by atoms with E-state index in [2.05, 4.69) is 127 Å². The third-order valence-corrected chi connectivity index (χ3v) is 6.12. The molecule has 34 heavy (non-hydrogen) atoms. The van der Waals surface area contributed by atoms with Crippen LogP contribution in [0.3, 0.4) is 0 Å². The second-order valence-corrected chi connectivity index (χ2v) is 8.29. The molecule has 0 aliphatic heterocycles. The molecular weight excluding hydrogens is 439 g/mol. The van der Waals surface area contributed by atoms with Gasteiger partial charge in [-0.1, -0.05) is 84.9 Å². The van der Waals surface area contributed by atoms with E-state index in [0.29, 0.717) is 0 Å². The Kier molecular flexibility index (Phi) is 6.73. The smallest absolute Gasteiger partial charge is 0.418 e. The Bertz CT molecular complexity index is 1290. The van der Waals surface area contributed by atoms with Gasteiger partial charge < -0.3 is 17.3 Å². The molecule has 1 aromatic heterocycles. The molecule has 2 atom stereocenters. The van der Waals surface area contributed by atoms with Crippen molar-refractivity contribution in [2.45, 2.75) is 25.9 Å². The molecule has 5 rings (SSSR count). The van der Waals surface area contributed by atoms with Gasteiger partial charge in [-0.2, -0.15) is 0 Å². The number of hydrogen-bond donors (Lipinski definition) is 0. The molecule has 0 aliphatic carbocycles. The summed E-state index contributed by atoms with van der Waals surface area (Å²) < 4.78 is 43.6. The average Bonchev–Trinajstić information content (AvgIpc) is 3.32. The molecule has 0 unspecified atom stereocenters. The zero-order chi connectivity index (χ0) is 24.3. The second-order valence-electron chi connectivity index (χ2n) is 8.29. The first kappa shape index (κ1) is 23.5. The van der Waals surface area contributed by atoms with Gasteiger partial charge in [-0.25, -0.2) is 9.13 Å². The fourth-order valence-corrected chi connectivity index (χ4v) is 4.39. The van der Waals surface area contributed by atoms with Crippen LogP contribution in [0.5, 0.6) is 0 Å². The highest BCUT2D eigenvalue weighted by Gasteiger charge is 2.21. The van der Waals surface area contributed by atoms with Crippen LogP contribution in [0.15, 0.2) is 104 Å². The van der Waals surface area contributed by atoms with E-state index in [9.17, 15) is 17.3 Å². The number of hydrogen-bond acceptors (Lipinski definition) is 0. The van der Waals surface area contributed by atoms with Crippen LogP contribution in [0.2, 0.25) is 0 Å². The van der Waals surface area contributed by atoms with Gasteiger partial charge in [0.1, 0.15) is 24.5 Å². The Balaban J connectivity index is 0.000000499. The fraction of sp³-hybridized carbons (Fsp3) is 0.148. The van der Waals surface area contributed by atoms with Crippen LogP contribution in [0, 0.1) is 0 Å². The molecule has 2 nitrogen and oxygen atoms in total. The van der Waals surface area contributed by atoms with Crippen LogP contribution in [-0.4, -0.2) is 11.8 Å². The van der Waals surface area contributed by atoms with Crippen LogP contribution in [0.25, 0.3) is 21.5 Å². The number of aromatic nitrogens is 2. The standard InChI is InChI=1S/C27H25N2.BF4/c1-20(24-15-7-11-22-9-3-5-13-26(22)24)28-17-18-29(19-28)21(2)25-16-8-12-23-10-4-6-14-27(23)25;2-1(3,4)5/h3-21H,1-2H3;/q+1;-1/t20-,21-;/m1./s1. The zero-order valence-corrected chi connectivity index (χ0v) is 19.0. The topological polar surface area (TPSA) is 8.81 Å². The third kappa shape index (κ3) is 5.30. The minimum absolute atomic E-state index is 0.266. The number of rotatable bonds is 4. The average molecular weight is 464 g/mol. The van der Waals surface area contributed by atoms with Gasteiger partial charge >= 0.3 is 7.25 Å². The summed E-state index contributed by atoms with van der Waals surface area (Å²) in [5.41, 5.74) is 2.70. The summed E-state index contributed by atoms with van der Waals surface area (Å²) >= 11 is 0. The number of benzene rings is 4. The molecule has 7 heteroatoms. The number of fused-ring (bicyclic) bond motifs is 2. The van der Waals surface area contributed by atoms with Crippen molar-refractivity contribution >= 4 is 28.8 Å². The van der Waals surface area contributed by atoms with Gasteiger partial charge in [0, 0.05) is 11.1 Å². The van der Waals surface area contributed by atoms with Crippen LogP contribution >= 0.6 is 0 Å². The van der Waals surface area contributed by atoms with E-state index < -0.39 is 7.25 Å². The number of nitrogens with zero attached hydrogens (tertiary/aromatic N) is 2. The van der Waals surface area contributed by atoms with Crippen molar-refractivity contribution in [2.75, 3.05) is 0 Å². The summed E-state index contributed by atoms with van der Waals surface area (Å²) in [5, 5.41) is 5.23. The number of imidazole rings is 1. The van der Waals surface area contributed by atoms with E-state index in [4.69, 9.17) is 0 Å². The predicted octanol–water partition coefficient (Wildman–Crippen LogP) is 7.60. The van der Waals surface area contributed by atoms with Gasteiger partial charge in [0.05, 0.1) is 0 Å². The summed E-state index contributed by atoms with van der Waals surface area (Å²) in [6.45, 7) is 4.55. The molecule has 0 aliphatic rings. The largest absolute Gasteiger partial charge is 0.673 e. The van der Waals surface area contributed by atoms with Crippen molar-refractivity contribution in [1.29, 1.82) is 0 Å². The van der Waals surface area contributed by atoms with Gasteiger partial charge in [-0.15, -0.1) is 0 Å². The first-order valence-corrected chi connectivity index (χ1v) is 11.1. The maximum atomic E-state index is 9.75. The lowest BCUT2D eigenvalue weighted by Crippen LogP contribution is -2.36. The summed E-state index contributed by atoms with van der Waals surface area (Å²) in [7, 11) is -6.00. The fourth-order valence-electron chi connectivity index (χ4n) is 4.39. The van der Waals surface area contributed by atoms with Crippen molar-refractivity contribution in [3.05, 3.63) is 115 Å². The van der Waals surface area contributed by atoms with Crippen molar-refractivity contribution in [3.8, 4) is 0 Å². The first-order valence-electron chi connectivity index (χ1n) is 11.1. The molecular formula is C27H25BF4N2. The first-order chi connectivity index (χ1) is 16.2. The van der Waals surface area contributed by atoms with Crippen molar-refractivity contribution in [1.82, 2.24) is 4.57 Å². The molecule has 0 saturated heterocycles. The van der Waals surface area contributed by atoms with E-state index in [1.54, 1.807) is 0 Å². The van der Waals surface area contributed by atoms with Crippen LogP contribution < -0.4 is 4.57 Å². The summed E-state index contributed by atoms with van der Waals surface area (Å²) in [6, 6.07) is 31.0. The highest BCUT2D eigenvalue weighted by Crippen LogP contribution is 2.27.